The number of carbonyl (C=O) groups is 1. The number of aryl methyl sites for hydroxylation is 1. The van der Waals surface area contributed by atoms with Gasteiger partial charge in [0.1, 0.15) is 12.1 Å². The smallest absolute Gasteiger partial charge is 0.259 e. The van der Waals surface area contributed by atoms with Crippen LogP contribution in [-0.4, -0.2) is 25.4 Å². The molecule has 0 radical (unpaired) electrons. The van der Waals surface area contributed by atoms with Gasteiger partial charge in [0.15, 0.2) is 5.13 Å². The molecule has 6 nitrogen and oxygen atoms in total. The molecule has 4 rings (SSSR count). The average Bonchev–Trinajstić information content (AvgIpc) is 3.23. The van der Waals surface area contributed by atoms with E-state index in [1.165, 1.54) is 16.9 Å². The SMILES string of the molecule is Cc1ccc2nc(NC(=O)c3ccc(-n4ccnc4)nc3)sc2c1. The predicted octanol–water partition coefficient (Wildman–Crippen LogP) is 3.44. The highest BCUT2D eigenvalue weighted by atomic mass is 32.1. The van der Waals surface area contributed by atoms with Crippen LogP contribution in [0, 0.1) is 6.92 Å². The first-order valence-electron chi connectivity index (χ1n) is 7.32. The Hall–Kier alpha value is -3.06. The van der Waals surface area contributed by atoms with E-state index in [1.54, 1.807) is 41.6 Å². The van der Waals surface area contributed by atoms with E-state index < -0.39 is 0 Å². The van der Waals surface area contributed by atoms with Crippen LogP contribution >= 0.6 is 11.3 Å². The lowest BCUT2D eigenvalue weighted by molar-refractivity contribution is 0.102. The van der Waals surface area contributed by atoms with Crippen molar-refractivity contribution in [1.29, 1.82) is 0 Å². The normalized spacial score (nSPS) is 10.9. The number of carbonyl (C=O) groups excluding carboxylic acids is 1. The molecule has 0 atom stereocenters. The Morgan fingerprint density at radius 3 is 2.92 bits per heavy atom. The van der Waals surface area contributed by atoms with Crippen LogP contribution in [0.25, 0.3) is 16.0 Å². The number of hydrogen-bond donors (Lipinski definition) is 1. The first-order chi connectivity index (χ1) is 11.7. The lowest BCUT2D eigenvalue weighted by Crippen LogP contribution is -2.12. The third kappa shape index (κ3) is 2.77. The van der Waals surface area contributed by atoms with Gasteiger partial charge in [-0.1, -0.05) is 17.4 Å². The van der Waals surface area contributed by atoms with Crippen LogP contribution in [0.2, 0.25) is 0 Å². The van der Waals surface area contributed by atoms with Gasteiger partial charge in [0.25, 0.3) is 5.91 Å². The summed E-state index contributed by atoms with van der Waals surface area (Å²) < 4.78 is 2.83. The van der Waals surface area contributed by atoms with Gasteiger partial charge in [-0.15, -0.1) is 0 Å². The fourth-order valence-corrected chi connectivity index (χ4v) is 3.28. The van der Waals surface area contributed by atoms with E-state index in [0.717, 1.165) is 10.2 Å². The quantitative estimate of drug-likeness (QED) is 0.622. The number of nitrogens with one attached hydrogen (secondary N) is 1. The number of nitrogens with zero attached hydrogens (tertiary/aromatic N) is 4. The molecule has 4 aromatic rings. The maximum Gasteiger partial charge on any atom is 0.259 e. The van der Waals surface area contributed by atoms with Gasteiger partial charge in [-0.05, 0) is 36.8 Å². The Kier molecular flexibility index (Phi) is 3.55. The molecule has 1 N–H and O–H groups in total. The van der Waals surface area contributed by atoms with Crippen LogP contribution in [0.1, 0.15) is 15.9 Å². The minimum absolute atomic E-state index is 0.226. The van der Waals surface area contributed by atoms with Crippen molar-refractivity contribution in [2.45, 2.75) is 6.92 Å². The number of thiazole rings is 1. The van der Waals surface area contributed by atoms with Crippen molar-refractivity contribution in [3.05, 3.63) is 66.4 Å². The van der Waals surface area contributed by atoms with Crippen molar-refractivity contribution in [2.24, 2.45) is 0 Å². The van der Waals surface area contributed by atoms with Crippen LogP contribution < -0.4 is 5.32 Å². The first kappa shape index (κ1) is 14.5. The van der Waals surface area contributed by atoms with Gasteiger partial charge >= 0.3 is 0 Å². The third-order valence-corrected chi connectivity index (χ3v) is 4.48. The maximum absolute atomic E-state index is 12.4. The summed E-state index contributed by atoms with van der Waals surface area (Å²) in [6.07, 6.45) is 6.68. The predicted molar refractivity (Wildman–Crippen MR) is 93.7 cm³/mol. The van der Waals surface area contributed by atoms with E-state index >= 15 is 0 Å². The highest BCUT2D eigenvalue weighted by Crippen LogP contribution is 2.27. The highest BCUT2D eigenvalue weighted by Gasteiger charge is 2.11. The zero-order valence-corrected chi connectivity index (χ0v) is 13.6. The Bertz CT molecular complexity index is 1010. The molecule has 3 heterocycles. The molecule has 3 aromatic heterocycles. The Morgan fingerprint density at radius 2 is 2.17 bits per heavy atom. The summed E-state index contributed by atoms with van der Waals surface area (Å²) in [7, 11) is 0. The molecule has 1 aromatic carbocycles. The van der Waals surface area contributed by atoms with E-state index in [2.05, 4.69) is 26.3 Å². The monoisotopic (exact) mass is 335 g/mol. The molecule has 7 heteroatoms. The van der Waals surface area contributed by atoms with Crippen LogP contribution in [-0.2, 0) is 0 Å². The average molecular weight is 335 g/mol. The second-order valence-corrected chi connectivity index (χ2v) is 6.35. The Balaban J connectivity index is 1.54. The second-order valence-electron chi connectivity index (χ2n) is 5.32. The van der Waals surface area contributed by atoms with Gasteiger partial charge in [0.05, 0.1) is 15.8 Å². The molecule has 1 amide bonds. The fourth-order valence-electron chi connectivity index (χ4n) is 2.32. The summed E-state index contributed by atoms with van der Waals surface area (Å²) in [4.78, 5) is 25.0. The lowest BCUT2D eigenvalue weighted by Gasteiger charge is -2.03. The summed E-state index contributed by atoms with van der Waals surface area (Å²) in [6.45, 7) is 2.03. The molecule has 0 bridgehead atoms. The molecule has 24 heavy (non-hydrogen) atoms. The van der Waals surface area contributed by atoms with Crippen molar-refractivity contribution < 1.29 is 4.79 Å². The van der Waals surface area contributed by atoms with E-state index in [0.29, 0.717) is 16.5 Å². The summed E-state index contributed by atoms with van der Waals surface area (Å²) >= 11 is 1.46. The van der Waals surface area contributed by atoms with Crippen LogP contribution in [0.3, 0.4) is 0 Å². The molecule has 118 valence electrons. The van der Waals surface area contributed by atoms with Crippen molar-refractivity contribution in [2.75, 3.05) is 5.32 Å². The number of anilines is 1. The largest absolute Gasteiger partial charge is 0.298 e. The number of amides is 1. The van der Waals surface area contributed by atoms with Gasteiger partial charge in [-0.25, -0.2) is 15.0 Å². The van der Waals surface area contributed by atoms with Crippen LogP contribution in [0.4, 0.5) is 5.13 Å². The van der Waals surface area contributed by atoms with Crippen molar-refractivity contribution in [3.8, 4) is 5.82 Å². The van der Waals surface area contributed by atoms with Gasteiger partial charge < -0.3 is 0 Å². The molecular weight excluding hydrogens is 322 g/mol. The van der Waals surface area contributed by atoms with Gasteiger partial charge in [0, 0.05) is 18.6 Å². The minimum Gasteiger partial charge on any atom is -0.298 e. The molecule has 0 saturated heterocycles. The zero-order valence-electron chi connectivity index (χ0n) is 12.8. The summed E-state index contributed by atoms with van der Waals surface area (Å²) in [6, 6.07) is 9.53. The van der Waals surface area contributed by atoms with E-state index in [-0.39, 0.29) is 5.91 Å². The van der Waals surface area contributed by atoms with Gasteiger partial charge in [0.2, 0.25) is 0 Å². The second kappa shape index (κ2) is 5.86. The molecule has 0 unspecified atom stereocenters. The number of fused-ring (bicyclic) bond motifs is 1. The van der Waals surface area contributed by atoms with E-state index in [9.17, 15) is 4.79 Å². The highest BCUT2D eigenvalue weighted by molar-refractivity contribution is 7.22. The zero-order chi connectivity index (χ0) is 16.5. The number of rotatable bonds is 3. The number of benzene rings is 1. The number of pyridine rings is 1. The molecule has 0 aliphatic rings. The molecule has 0 saturated carbocycles. The van der Waals surface area contributed by atoms with Crippen LogP contribution in [0.5, 0.6) is 0 Å². The lowest BCUT2D eigenvalue weighted by atomic mass is 10.2. The van der Waals surface area contributed by atoms with Crippen molar-refractivity contribution in [3.63, 3.8) is 0 Å². The maximum atomic E-state index is 12.4. The van der Waals surface area contributed by atoms with Gasteiger partial charge in [-0.3, -0.25) is 14.7 Å². The molecule has 0 fully saturated rings. The topological polar surface area (TPSA) is 72.7 Å². The van der Waals surface area contributed by atoms with Crippen molar-refractivity contribution >= 4 is 32.6 Å². The molecule has 0 aliphatic carbocycles. The number of aromatic nitrogens is 4. The molecule has 0 aliphatic heterocycles. The number of imidazole rings is 1. The molecular formula is C17H13N5OS. The summed E-state index contributed by atoms with van der Waals surface area (Å²) in [5, 5.41) is 3.41. The van der Waals surface area contributed by atoms with E-state index in [4.69, 9.17) is 0 Å². The van der Waals surface area contributed by atoms with Crippen molar-refractivity contribution in [1.82, 2.24) is 19.5 Å². The van der Waals surface area contributed by atoms with Gasteiger partial charge in [-0.2, -0.15) is 0 Å². The minimum atomic E-state index is -0.226. The fraction of sp³-hybridized carbons (Fsp3) is 0.0588. The Labute approximate surface area is 141 Å². The molecule has 0 spiro atoms. The summed E-state index contributed by atoms with van der Waals surface area (Å²) in [5.74, 6) is 0.481. The number of hydrogen-bond acceptors (Lipinski definition) is 5. The Morgan fingerprint density at radius 1 is 1.25 bits per heavy atom. The first-order valence-corrected chi connectivity index (χ1v) is 8.14. The van der Waals surface area contributed by atoms with Crippen LogP contribution in [0.15, 0.2) is 55.2 Å². The van der Waals surface area contributed by atoms with E-state index in [1.807, 2.05) is 19.1 Å². The third-order valence-electron chi connectivity index (χ3n) is 3.54. The standard InChI is InChI=1S/C17H13N5OS/c1-11-2-4-13-14(8-11)24-17(20-13)21-16(23)12-3-5-15(19-9-12)22-7-6-18-10-22/h2-10H,1H3,(H,20,21,23). The summed E-state index contributed by atoms with van der Waals surface area (Å²) in [5.41, 5.74) is 2.53.